The molecule has 0 aromatic heterocycles. The minimum absolute atomic E-state index is 0. The van der Waals surface area contributed by atoms with Gasteiger partial charge < -0.3 is 0 Å². The summed E-state index contributed by atoms with van der Waals surface area (Å²) in [6.07, 6.45) is 13.0. The van der Waals surface area contributed by atoms with Gasteiger partial charge >= 0.3 is 0 Å². The van der Waals surface area contributed by atoms with E-state index in [1.165, 1.54) is 57.8 Å². The van der Waals surface area contributed by atoms with E-state index >= 15 is 0 Å². The van der Waals surface area contributed by atoms with Gasteiger partial charge in [0.2, 0.25) is 0 Å². The van der Waals surface area contributed by atoms with Gasteiger partial charge in [0.25, 0.3) is 0 Å². The Labute approximate surface area is 79.8 Å². The van der Waals surface area contributed by atoms with Crippen LogP contribution in [0.2, 0.25) is 0 Å². The SMILES string of the molecule is CCCCCCCCCCC.[C]. The van der Waals surface area contributed by atoms with Crippen molar-refractivity contribution in [2.75, 3.05) is 0 Å². The molecule has 0 heterocycles. The highest BCUT2D eigenvalue weighted by atomic mass is 13.9. The molecule has 0 aliphatic heterocycles. The monoisotopic (exact) mass is 168 g/mol. The van der Waals surface area contributed by atoms with E-state index in [2.05, 4.69) is 13.8 Å². The third-order valence-corrected chi connectivity index (χ3v) is 2.21. The zero-order valence-corrected chi connectivity index (χ0v) is 8.86. The molecule has 0 saturated heterocycles. The molecule has 12 heavy (non-hydrogen) atoms. The molecule has 4 radical (unpaired) electrons. The van der Waals surface area contributed by atoms with Crippen molar-refractivity contribution in [3.63, 3.8) is 0 Å². The first-order chi connectivity index (χ1) is 5.41. The first kappa shape index (κ1) is 14.5. The van der Waals surface area contributed by atoms with E-state index in [4.69, 9.17) is 0 Å². The lowest BCUT2D eigenvalue weighted by atomic mass is 10.1. The fourth-order valence-electron chi connectivity index (χ4n) is 1.38. The molecule has 0 aromatic rings. The molecule has 0 N–H and O–H groups in total. The Bertz CT molecular complexity index is 49.1. The van der Waals surface area contributed by atoms with Crippen molar-refractivity contribution in [2.45, 2.75) is 71.6 Å². The second-order valence-electron chi connectivity index (χ2n) is 3.47. The maximum atomic E-state index is 2.27. The summed E-state index contributed by atoms with van der Waals surface area (Å²) in [6, 6.07) is 0. The topological polar surface area (TPSA) is 0 Å². The van der Waals surface area contributed by atoms with Gasteiger partial charge in [0.15, 0.2) is 0 Å². The van der Waals surface area contributed by atoms with Gasteiger partial charge in [-0.15, -0.1) is 0 Å². The summed E-state index contributed by atoms with van der Waals surface area (Å²) < 4.78 is 0. The van der Waals surface area contributed by atoms with E-state index < -0.39 is 0 Å². The predicted octanol–water partition coefficient (Wildman–Crippen LogP) is 4.62. The molecular weight excluding hydrogens is 144 g/mol. The van der Waals surface area contributed by atoms with Crippen LogP contribution in [0.15, 0.2) is 0 Å². The van der Waals surface area contributed by atoms with Gasteiger partial charge in [-0.1, -0.05) is 71.6 Å². The minimum atomic E-state index is 0. The van der Waals surface area contributed by atoms with E-state index in [0.29, 0.717) is 0 Å². The van der Waals surface area contributed by atoms with Crippen LogP contribution in [0.5, 0.6) is 0 Å². The van der Waals surface area contributed by atoms with Crippen molar-refractivity contribution >= 4 is 0 Å². The van der Waals surface area contributed by atoms with Crippen LogP contribution in [0.1, 0.15) is 71.6 Å². The summed E-state index contributed by atoms with van der Waals surface area (Å²) in [5, 5.41) is 0. The number of rotatable bonds is 8. The van der Waals surface area contributed by atoms with Crippen LogP contribution >= 0.6 is 0 Å². The normalized spacial score (nSPS) is 9.50. The Morgan fingerprint density at radius 1 is 0.500 bits per heavy atom. The molecule has 0 amide bonds. The van der Waals surface area contributed by atoms with Crippen LogP contribution in [-0.4, -0.2) is 0 Å². The summed E-state index contributed by atoms with van der Waals surface area (Å²) >= 11 is 0. The highest BCUT2D eigenvalue weighted by Gasteiger charge is 1.88. The van der Waals surface area contributed by atoms with Gasteiger partial charge in [-0.2, -0.15) is 0 Å². The van der Waals surface area contributed by atoms with Crippen LogP contribution < -0.4 is 0 Å². The van der Waals surface area contributed by atoms with Crippen LogP contribution in [0, 0.1) is 7.43 Å². The van der Waals surface area contributed by atoms with Crippen LogP contribution in [0.25, 0.3) is 0 Å². The van der Waals surface area contributed by atoms with Gasteiger partial charge in [-0.05, 0) is 0 Å². The van der Waals surface area contributed by atoms with Crippen molar-refractivity contribution in [1.29, 1.82) is 0 Å². The molecule has 0 fully saturated rings. The molecule has 0 rings (SSSR count). The molecule has 0 bridgehead atoms. The fourth-order valence-corrected chi connectivity index (χ4v) is 1.38. The standard InChI is InChI=1S/C11H24.C/c1-3-5-7-9-11-10-8-6-4-2;/h3-11H2,1-2H3;. The average molecular weight is 168 g/mol. The van der Waals surface area contributed by atoms with E-state index in [1.54, 1.807) is 0 Å². The number of hydrogen-bond donors (Lipinski definition) is 0. The van der Waals surface area contributed by atoms with E-state index in [0.717, 1.165) is 0 Å². The zero-order chi connectivity index (χ0) is 8.36. The lowest BCUT2D eigenvalue weighted by molar-refractivity contribution is 0.572. The minimum Gasteiger partial charge on any atom is -0.0654 e. The molecule has 72 valence electrons. The van der Waals surface area contributed by atoms with Crippen LogP contribution in [0.3, 0.4) is 0 Å². The van der Waals surface area contributed by atoms with Gasteiger partial charge in [-0.3, -0.25) is 0 Å². The maximum Gasteiger partial charge on any atom is 0 e. The molecule has 0 saturated carbocycles. The Morgan fingerprint density at radius 2 is 0.750 bits per heavy atom. The molecule has 0 nitrogen and oxygen atoms in total. The average Bonchev–Trinajstić information content (AvgIpc) is 2.03. The first-order valence-electron chi connectivity index (χ1n) is 5.41. The van der Waals surface area contributed by atoms with Crippen molar-refractivity contribution < 1.29 is 0 Å². The van der Waals surface area contributed by atoms with E-state index in [1.807, 2.05) is 0 Å². The molecule has 0 atom stereocenters. The third kappa shape index (κ3) is 12.7. The van der Waals surface area contributed by atoms with E-state index in [9.17, 15) is 0 Å². The second kappa shape index (κ2) is 13.6. The molecule has 0 unspecified atom stereocenters. The largest absolute Gasteiger partial charge is 0.0654 e. The van der Waals surface area contributed by atoms with Crippen molar-refractivity contribution in [2.24, 2.45) is 0 Å². The zero-order valence-electron chi connectivity index (χ0n) is 8.86. The van der Waals surface area contributed by atoms with E-state index in [-0.39, 0.29) is 7.43 Å². The molecular formula is C12H24. The molecule has 0 aliphatic carbocycles. The second-order valence-corrected chi connectivity index (χ2v) is 3.47. The third-order valence-electron chi connectivity index (χ3n) is 2.21. The summed E-state index contributed by atoms with van der Waals surface area (Å²) in [6.45, 7) is 4.55. The summed E-state index contributed by atoms with van der Waals surface area (Å²) in [4.78, 5) is 0. The lowest BCUT2D eigenvalue weighted by Gasteiger charge is -1.98. The van der Waals surface area contributed by atoms with Gasteiger partial charge in [0, 0.05) is 7.43 Å². The summed E-state index contributed by atoms with van der Waals surface area (Å²) in [7, 11) is 0. The van der Waals surface area contributed by atoms with Crippen LogP contribution in [0.4, 0.5) is 0 Å². The number of unbranched alkanes of at least 4 members (excludes halogenated alkanes) is 8. The van der Waals surface area contributed by atoms with Gasteiger partial charge in [-0.25, -0.2) is 0 Å². The summed E-state index contributed by atoms with van der Waals surface area (Å²) in [5.74, 6) is 0. The quantitative estimate of drug-likeness (QED) is 0.464. The van der Waals surface area contributed by atoms with Crippen LogP contribution in [-0.2, 0) is 0 Å². The maximum absolute atomic E-state index is 2.27. The number of hydrogen-bond acceptors (Lipinski definition) is 0. The fraction of sp³-hybridized carbons (Fsp3) is 0.917. The highest BCUT2D eigenvalue weighted by molar-refractivity contribution is 4.44. The molecule has 0 spiro atoms. The summed E-state index contributed by atoms with van der Waals surface area (Å²) in [5.41, 5.74) is 0. The smallest absolute Gasteiger partial charge is 0 e. The van der Waals surface area contributed by atoms with Gasteiger partial charge in [0.05, 0.1) is 0 Å². The van der Waals surface area contributed by atoms with Crippen molar-refractivity contribution in [3.05, 3.63) is 7.43 Å². The Kier molecular flexibility index (Phi) is 16.4. The van der Waals surface area contributed by atoms with Crippen molar-refractivity contribution in [1.82, 2.24) is 0 Å². The molecule has 0 heteroatoms. The Balaban J connectivity index is 0. The molecule has 0 aromatic carbocycles. The Hall–Kier alpha value is 0. The first-order valence-corrected chi connectivity index (χ1v) is 5.41. The predicted molar refractivity (Wildman–Crippen MR) is 56.1 cm³/mol. The Morgan fingerprint density at radius 3 is 1.00 bits per heavy atom. The highest BCUT2D eigenvalue weighted by Crippen LogP contribution is 2.08. The molecule has 0 aliphatic rings. The lowest BCUT2D eigenvalue weighted by Crippen LogP contribution is -1.79. The van der Waals surface area contributed by atoms with Gasteiger partial charge in [0.1, 0.15) is 0 Å². The van der Waals surface area contributed by atoms with Crippen molar-refractivity contribution in [3.8, 4) is 0 Å².